The van der Waals surface area contributed by atoms with Crippen molar-refractivity contribution < 1.29 is 45.8 Å². The second-order valence-corrected chi connectivity index (χ2v) is 6.90. The van der Waals surface area contributed by atoms with E-state index in [0.29, 0.717) is 12.1 Å². The van der Waals surface area contributed by atoms with Crippen molar-refractivity contribution in [1.29, 1.82) is 0 Å². The van der Waals surface area contributed by atoms with Crippen LogP contribution in [0.3, 0.4) is 0 Å². The molecule has 0 aromatic heterocycles. The van der Waals surface area contributed by atoms with E-state index in [1.165, 1.54) is 4.72 Å². The number of hydrogen-bond acceptors (Lipinski definition) is 5. The molecule has 1 rings (SSSR count). The summed E-state index contributed by atoms with van der Waals surface area (Å²) in [6, 6.07) is -0.620. The normalized spacial score (nSPS) is 14.4. The zero-order valence-electron chi connectivity index (χ0n) is 13.0. The number of alkyl halides is 3. The smallest absolute Gasteiger partial charge is 0.418 e. The number of carbonyl (C=O) groups is 2. The molecule has 0 radical (unpaired) electrons. The first-order valence-electron chi connectivity index (χ1n) is 6.80. The molecule has 4 N–H and O–H groups in total. The van der Waals surface area contributed by atoms with E-state index in [1.807, 2.05) is 0 Å². The highest BCUT2D eigenvalue weighted by atomic mass is 32.2. The van der Waals surface area contributed by atoms with E-state index in [2.05, 4.69) is 0 Å². The Morgan fingerprint density at radius 2 is 1.85 bits per heavy atom. The molecule has 0 spiro atoms. The van der Waals surface area contributed by atoms with Crippen molar-refractivity contribution in [3.05, 3.63) is 29.6 Å². The second-order valence-electron chi connectivity index (χ2n) is 5.17. The summed E-state index contributed by atoms with van der Waals surface area (Å²) in [6.45, 7) is 1.03. The molecule has 0 aliphatic rings. The number of aliphatic hydroxyl groups excluding tert-OH is 1. The Labute approximate surface area is 144 Å². The van der Waals surface area contributed by atoms with Gasteiger partial charge in [0.15, 0.2) is 6.04 Å². The lowest BCUT2D eigenvalue weighted by Crippen LogP contribution is -2.49. The molecule has 0 aliphatic heterocycles. The van der Waals surface area contributed by atoms with Gasteiger partial charge < -0.3 is 15.5 Å². The predicted octanol–water partition coefficient (Wildman–Crippen LogP) is 0.536. The molecule has 2 unspecified atom stereocenters. The lowest BCUT2D eigenvalue weighted by atomic mass is 10.2. The third-order valence-corrected chi connectivity index (χ3v) is 4.11. The Hall–Kier alpha value is -2.41. The molecule has 146 valence electrons. The minimum absolute atomic E-state index is 0.0752. The number of halogens is 4. The Morgan fingerprint density at radius 3 is 2.31 bits per heavy atom. The highest BCUT2D eigenvalue weighted by Crippen LogP contribution is 2.35. The zero-order chi connectivity index (χ0) is 20.3. The van der Waals surface area contributed by atoms with E-state index < -0.39 is 63.0 Å². The fourth-order valence-electron chi connectivity index (χ4n) is 1.82. The molecule has 0 aliphatic carbocycles. The van der Waals surface area contributed by atoms with Crippen LogP contribution in [-0.4, -0.2) is 48.4 Å². The number of amides is 1. The van der Waals surface area contributed by atoms with Gasteiger partial charge in [0.1, 0.15) is 11.6 Å². The van der Waals surface area contributed by atoms with Crippen molar-refractivity contribution in [2.24, 2.45) is 0 Å². The van der Waals surface area contributed by atoms with Crippen LogP contribution < -0.4 is 10.0 Å². The number of carboxylic acids is 1. The standard InChI is InChI=1S/C13H14F4N2O6S/c1-6(20)11(12(22)23)18-10(21)5-26(24,25)19-9-3-2-7(14)4-8(9)13(15,16)17/h2-4,6,11,19-20H,5H2,1H3,(H,18,21)(H,22,23). The number of aliphatic hydroxyl groups is 1. The van der Waals surface area contributed by atoms with Crippen molar-refractivity contribution >= 4 is 27.6 Å². The van der Waals surface area contributed by atoms with Crippen LogP contribution in [0.2, 0.25) is 0 Å². The van der Waals surface area contributed by atoms with Crippen LogP contribution in [-0.2, 0) is 25.8 Å². The molecular formula is C13H14F4N2O6S. The lowest BCUT2D eigenvalue weighted by molar-refractivity contribution is -0.144. The van der Waals surface area contributed by atoms with E-state index in [0.717, 1.165) is 6.92 Å². The number of aliphatic carboxylic acids is 1. The molecule has 13 heteroatoms. The van der Waals surface area contributed by atoms with Crippen LogP contribution in [0.1, 0.15) is 12.5 Å². The molecule has 1 aromatic rings. The second kappa shape index (κ2) is 7.86. The van der Waals surface area contributed by atoms with Gasteiger partial charge in [0.2, 0.25) is 15.9 Å². The molecule has 26 heavy (non-hydrogen) atoms. The highest BCUT2D eigenvalue weighted by molar-refractivity contribution is 7.93. The van der Waals surface area contributed by atoms with Crippen LogP contribution >= 0.6 is 0 Å². The summed E-state index contributed by atoms with van der Waals surface area (Å²) in [5.74, 6) is -5.68. The van der Waals surface area contributed by atoms with Gasteiger partial charge in [0.05, 0.1) is 17.4 Å². The van der Waals surface area contributed by atoms with Crippen LogP contribution in [0.25, 0.3) is 0 Å². The summed E-state index contributed by atoms with van der Waals surface area (Å²) in [4.78, 5) is 22.4. The van der Waals surface area contributed by atoms with Crippen LogP contribution in [0.5, 0.6) is 0 Å². The molecule has 0 saturated carbocycles. The minimum atomic E-state index is -5.07. The van der Waals surface area contributed by atoms with Gasteiger partial charge in [-0.15, -0.1) is 0 Å². The average molecular weight is 402 g/mol. The maximum Gasteiger partial charge on any atom is 0.418 e. The van der Waals surface area contributed by atoms with Crippen LogP contribution in [0.15, 0.2) is 18.2 Å². The first kappa shape index (κ1) is 21.6. The van der Waals surface area contributed by atoms with Crippen molar-refractivity contribution in [2.75, 3.05) is 10.5 Å². The molecule has 0 bridgehead atoms. The monoisotopic (exact) mass is 402 g/mol. The van der Waals surface area contributed by atoms with E-state index in [4.69, 9.17) is 5.11 Å². The fourth-order valence-corrected chi connectivity index (χ4v) is 2.83. The molecule has 2 atom stereocenters. The van der Waals surface area contributed by atoms with Crippen molar-refractivity contribution in [3.63, 3.8) is 0 Å². The number of rotatable bonds is 7. The van der Waals surface area contributed by atoms with Crippen molar-refractivity contribution in [2.45, 2.75) is 25.2 Å². The summed E-state index contributed by atoms with van der Waals surface area (Å²) in [5, 5.41) is 19.7. The summed E-state index contributed by atoms with van der Waals surface area (Å²) in [5.41, 5.74) is -2.61. The molecule has 8 nitrogen and oxygen atoms in total. The first-order valence-corrected chi connectivity index (χ1v) is 8.45. The van der Waals surface area contributed by atoms with Crippen molar-refractivity contribution in [1.82, 2.24) is 5.32 Å². The van der Waals surface area contributed by atoms with Gasteiger partial charge in [0, 0.05) is 0 Å². The number of nitrogens with one attached hydrogen (secondary N) is 2. The Morgan fingerprint density at radius 1 is 1.27 bits per heavy atom. The summed E-state index contributed by atoms with van der Waals surface area (Å²) in [6.07, 6.45) is -6.62. The predicted molar refractivity (Wildman–Crippen MR) is 80.1 cm³/mol. The topological polar surface area (TPSA) is 133 Å². The summed E-state index contributed by atoms with van der Waals surface area (Å²) in [7, 11) is -4.69. The van der Waals surface area contributed by atoms with Gasteiger partial charge in [-0.25, -0.2) is 17.6 Å². The first-order chi connectivity index (χ1) is 11.7. The molecule has 0 heterocycles. The summed E-state index contributed by atoms with van der Waals surface area (Å²) < 4.78 is 76.7. The molecule has 1 aromatic carbocycles. The van der Waals surface area contributed by atoms with E-state index >= 15 is 0 Å². The Bertz CT molecular complexity index is 794. The molecular weight excluding hydrogens is 388 g/mol. The Kier molecular flexibility index (Phi) is 6.54. The van der Waals surface area contributed by atoms with Gasteiger partial charge in [-0.3, -0.25) is 9.52 Å². The van der Waals surface area contributed by atoms with E-state index in [1.54, 1.807) is 5.32 Å². The molecule has 0 fully saturated rings. The molecule has 1 amide bonds. The highest BCUT2D eigenvalue weighted by Gasteiger charge is 2.35. The number of sulfonamides is 1. The van der Waals surface area contributed by atoms with Gasteiger partial charge in [-0.05, 0) is 25.1 Å². The lowest BCUT2D eigenvalue weighted by Gasteiger charge is -2.18. The van der Waals surface area contributed by atoms with Crippen molar-refractivity contribution in [3.8, 4) is 0 Å². The number of hydrogen-bond donors (Lipinski definition) is 4. The third kappa shape index (κ3) is 6.15. The molecule has 0 saturated heterocycles. The quantitative estimate of drug-likeness (QED) is 0.492. The minimum Gasteiger partial charge on any atom is -0.480 e. The summed E-state index contributed by atoms with van der Waals surface area (Å²) >= 11 is 0. The van der Waals surface area contributed by atoms with Gasteiger partial charge >= 0.3 is 12.1 Å². The number of carboxylic acid groups (broad SMARTS) is 1. The van der Waals surface area contributed by atoms with Gasteiger partial charge in [-0.1, -0.05) is 0 Å². The van der Waals surface area contributed by atoms with Crippen LogP contribution in [0, 0.1) is 5.82 Å². The maximum atomic E-state index is 13.0. The number of benzene rings is 1. The van der Waals surface area contributed by atoms with E-state index in [9.17, 15) is 40.7 Å². The number of carbonyl (C=O) groups excluding carboxylic acids is 1. The number of anilines is 1. The van der Waals surface area contributed by atoms with Gasteiger partial charge in [-0.2, -0.15) is 13.2 Å². The maximum absolute atomic E-state index is 13.0. The fraction of sp³-hybridized carbons (Fsp3) is 0.385. The SMILES string of the molecule is CC(O)C(NC(=O)CS(=O)(=O)Nc1ccc(F)cc1C(F)(F)F)C(=O)O. The average Bonchev–Trinajstić information content (AvgIpc) is 2.44. The zero-order valence-corrected chi connectivity index (χ0v) is 13.9. The third-order valence-electron chi connectivity index (χ3n) is 2.94. The van der Waals surface area contributed by atoms with E-state index in [-0.39, 0.29) is 6.07 Å². The van der Waals surface area contributed by atoms with Gasteiger partial charge in [0.25, 0.3) is 0 Å². The van der Waals surface area contributed by atoms with Crippen LogP contribution in [0.4, 0.5) is 23.2 Å². The Balaban J connectivity index is 2.97. The largest absolute Gasteiger partial charge is 0.480 e.